The Balaban J connectivity index is 1.30. The Morgan fingerprint density at radius 3 is 2.66 bits per heavy atom. The molecule has 6 nitrogen and oxygen atoms in total. The number of hydrogen-bond acceptors (Lipinski definition) is 6. The molecule has 0 atom stereocenters. The highest BCUT2D eigenvalue weighted by atomic mass is 16.5. The minimum absolute atomic E-state index is 0.0869. The molecule has 38 heavy (non-hydrogen) atoms. The summed E-state index contributed by atoms with van der Waals surface area (Å²) in [7, 11) is 0. The van der Waals surface area contributed by atoms with Gasteiger partial charge in [0, 0.05) is 55.1 Å². The minimum Gasteiger partial charge on any atom is -0.489 e. The lowest BCUT2D eigenvalue weighted by atomic mass is 9.86. The fourth-order valence-electron chi connectivity index (χ4n) is 4.99. The maximum absolute atomic E-state index is 13.2. The molecule has 0 unspecified atom stereocenters. The van der Waals surface area contributed by atoms with Gasteiger partial charge in [-0.1, -0.05) is 24.3 Å². The number of nitrogens with zero attached hydrogens (tertiary/aromatic N) is 1. The average molecular weight is 506 g/mol. The zero-order chi connectivity index (χ0) is 26.0. The van der Waals surface area contributed by atoms with Gasteiger partial charge in [0.05, 0.1) is 18.1 Å². The van der Waals surface area contributed by atoms with Gasteiger partial charge in [-0.15, -0.1) is 0 Å². The number of hydrogen-bond donors (Lipinski definition) is 1. The maximum atomic E-state index is 13.2. The summed E-state index contributed by atoms with van der Waals surface area (Å²) in [6.45, 7) is 1.48. The molecule has 0 radical (unpaired) electrons. The van der Waals surface area contributed by atoms with Crippen molar-refractivity contribution >= 4 is 16.6 Å². The third-order valence-corrected chi connectivity index (χ3v) is 7.13. The molecule has 1 saturated heterocycles. The number of benzene rings is 3. The number of rotatable bonds is 7. The van der Waals surface area contributed by atoms with E-state index in [0.29, 0.717) is 49.5 Å². The molecule has 1 N–H and O–H groups in total. The first-order valence-corrected chi connectivity index (χ1v) is 12.7. The SMILES string of the molecule is O=C(c1cccnc1)c1cc(-c2ccoc2)c2cc(OCc3cccc(C4(O)CCOCC4)c3)ccc2c1. The summed E-state index contributed by atoms with van der Waals surface area (Å²) in [5, 5.41) is 12.9. The summed E-state index contributed by atoms with van der Waals surface area (Å²) in [6.07, 6.45) is 7.70. The number of carbonyl (C=O) groups excluding carboxylic acids is 1. The number of ketones is 1. The van der Waals surface area contributed by atoms with Crippen molar-refractivity contribution in [2.24, 2.45) is 0 Å². The topological polar surface area (TPSA) is 81.8 Å². The van der Waals surface area contributed by atoms with E-state index in [1.165, 1.54) is 0 Å². The van der Waals surface area contributed by atoms with Crippen LogP contribution >= 0.6 is 0 Å². The zero-order valence-electron chi connectivity index (χ0n) is 20.8. The van der Waals surface area contributed by atoms with Gasteiger partial charge in [0.2, 0.25) is 0 Å². The molecule has 2 aromatic heterocycles. The Labute approximate surface area is 220 Å². The van der Waals surface area contributed by atoms with Gasteiger partial charge in [-0.25, -0.2) is 0 Å². The molecule has 0 aliphatic carbocycles. The van der Waals surface area contributed by atoms with E-state index in [1.807, 2.05) is 60.7 Å². The molecule has 0 amide bonds. The predicted octanol–water partition coefficient (Wildman–Crippen LogP) is 6.30. The molecular formula is C32H27NO5. The van der Waals surface area contributed by atoms with E-state index in [9.17, 15) is 9.90 Å². The van der Waals surface area contributed by atoms with Crippen LogP contribution in [0.4, 0.5) is 0 Å². The normalized spacial score (nSPS) is 14.9. The number of fused-ring (bicyclic) bond motifs is 1. The molecule has 5 aromatic rings. The van der Waals surface area contributed by atoms with E-state index >= 15 is 0 Å². The van der Waals surface area contributed by atoms with E-state index in [2.05, 4.69) is 4.98 Å². The maximum Gasteiger partial charge on any atom is 0.194 e. The molecule has 6 heteroatoms. The molecule has 1 aliphatic heterocycles. The molecular weight excluding hydrogens is 478 g/mol. The van der Waals surface area contributed by atoms with E-state index in [4.69, 9.17) is 13.9 Å². The van der Waals surface area contributed by atoms with Gasteiger partial charge < -0.3 is 19.0 Å². The van der Waals surface area contributed by atoms with E-state index in [0.717, 1.165) is 33.0 Å². The number of pyridine rings is 1. The van der Waals surface area contributed by atoms with Crippen molar-refractivity contribution < 1.29 is 23.8 Å². The van der Waals surface area contributed by atoms with Crippen molar-refractivity contribution in [3.05, 3.63) is 120 Å². The van der Waals surface area contributed by atoms with Crippen molar-refractivity contribution in [1.29, 1.82) is 0 Å². The molecule has 6 rings (SSSR count). The monoisotopic (exact) mass is 505 g/mol. The second-order valence-electron chi connectivity index (χ2n) is 9.62. The lowest BCUT2D eigenvalue weighted by Gasteiger charge is -2.32. The van der Waals surface area contributed by atoms with Crippen LogP contribution in [0.2, 0.25) is 0 Å². The van der Waals surface area contributed by atoms with Crippen LogP contribution in [-0.4, -0.2) is 29.1 Å². The highest BCUT2D eigenvalue weighted by Gasteiger charge is 2.31. The molecule has 1 fully saturated rings. The Hall–Kier alpha value is -4.26. The van der Waals surface area contributed by atoms with Gasteiger partial charge in [-0.05, 0) is 76.0 Å². The third kappa shape index (κ3) is 4.84. The van der Waals surface area contributed by atoms with Crippen molar-refractivity contribution in [2.75, 3.05) is 13.2 Å². The van der Waals surface area contributed by atoms with E-state index in [1.54, 1.807) is 37.1 Å². The summed E-state index contributed by atoms with van der Waals surface area (Å²) in [5.41, 5.74) is 3.91. The van der Waals surface area contributed by atoms with Crippen LogP contribution in [0.15, 0.2) is 102 Å². The van der Waals surface area contributed by atoms with Crippen LogP contribution < -0.4 is 4.74 Å². The fraction of sp³-hybridized carbons (Fsp3) is 0.188. The molecule has 1 aliphatic rings. The first-order valence-electron chi connectivity index (χ1n) is 12.7. The molecule has 3 aromatic carbocycles. The molecule has 190 valence electrons. The van der Waals surface area contributed by atoms with E-state index in [-0.39, 0.29) is 5.78 Å². The van der Waals surface area contributed by atoms with Gasteiger partial charge in [-0.3, -0.25) is 9.78 Å². The van der Waals surface area contributed by atoms with Crippen LogP contribution in [0.5, 0.6) is 5.75 Å². The summed E-state index contributed by atoms with van der Waals surface area (Å²) in [6, 6.07) is 23.0. The standard InChI is InChI=1S/C32H27NO5/c34-31(24-4-2-11-33-19-24)26-16-23-6-7-28(18-30(23)29(17-26)25-8-12-37-21-25)38-20-22-3-1-5-27(15-22)32(35)9-13-36-14-10-32/h1-8,11-12,15-19,21,35H,9-10,13-14,20H2. The average Bonchev–Trinajstić information content (AvgIpc) is 3.51. The fourth-order valence-corrected chi connectivity index (χ4v) is 4.99. The van der Waals surface area contributed by atoms with Gasteiger partial charge in [0.15, 0.2) is 5.78 Å². The van der Waals surface area contributed by atoms with E-state index < -0.39 is 5.60 Å². The quantitative estimate of drug-likeness (QED) is 0.261. The number of aliphatic hydroxyl groups is 1. The highest BCUT2D eigenvalue weighted by molar-refractivity contribution is 6.12. The van der Waals surface area contributed by atoms with Crippen molar-refractivity contribution in [1.82, 2.24) is 4.98 Å². The summed E-state index contributed by atoms with van der Waals surface area (Å²) in [4.78, 5) is 17.3. The number of ether oxygens (including phenoxy) is 2. The Kier molecular flexibility index (Phi) is 6.50. The minimum atomic E-state index is -0.859. The summed E-state index contributed by atoms with van der Waals surface area (Å²) < 4.78 is 17.0. The van der Waals surface area contributed by atoms with Gasteiger partial charge in [0.25, 0.3) is 0 Å². The van der Waals surface area contributed by atoms with Crippen LogP contribution in [0.25, 0.3) is 21.9 Å². The van der Waals surface area contributed by atoms with Crippen LogP contribution in [0, 0.1) is 0 Å². The van der Waals surface area contributed by atoms with Gasteiger partial charge in [0.1, 0.15) is 12.4 Å². The van der Waals surface area contributed by atoms with Crippen LogP contribution in [-0.2, 0) is 16.9 Å². The molecule has 0 saturated carbocycles. The second-order valence-corrected chi connectivity index (χ2v) is 9.62. The lowest BCUT2D eigenvalue weighted by molar-refractivity contribution is -0.0679. The van der Waals surface area contributed by atoms with Gasteiger partial charge in [-0.2, -0.15) is 0 Å². The summed E-state index contributed by atoms with van der Waals surface area (Å²) in [5.74, 6) is 0.625. The van der Waals surface area contributed by atoms with Crippen molar-refractivity contribution in [2.45, 2.75) is 25.0 Å². The molecule has 0 bridgehead atoms. The number of furan rings is 1. The van der Waals surface area contributed by atoms with Crippen LogP contribution in [0.3, 0.4) is 0 Å². The zero-order valence-corrected chi connectivity index (χ0v) is 20.8. The largest absolute Gasteiger partial charge is 0.489 e. The Morgan fingerprint density at radius 1 is 0.974 bits per heavy atom. The Morgan fingerprint density at radius 2 is 1.87 bits per heavy atom. The number of carbonyl (C=O) groups is 1. The lowest BCUT2D eigenvalue weighted by Crippen LogP contribution is -2.33. The Bertz CT molecular complexity index is 1570. The number of aromatic nitrogens is 1. The van der Waals surface area contributed by atoms with Crippen molar-refractivity contribution in [3.8, 4) is 16.9 Å². The third-order valence-electron chi connectivity index (χ3n) is 7.13. The highest BCUT2D eigenvalue weighted by Crippen LogP contribution is 2.35. The smallest absolute Gasteiger partial charge is 0.194 e. The summed E-state index contributed by atoms with van der Waals surface area (Å²) >= 11 is 0. The second kappa shape index (κ2) is 10.2. The van der Waals surface area contributed by atoms with Crippen molar-refractivity contribution in [3.63, 3.8) is 0 Å². The molecule has 0 spiro atoms. The van der Waals surface area contributed by atoms with Gasteiger partial charge >= 0.3 is 0 Å². The first kappa shape index (κ1) is 24.1. The first-order chi connectivity index (χ1) is 18.6. The predicted molar refractivity (Wildman–Crippen MR) is 144 cm³/mol. The molecule has 3 heterocycles. The van der Waals surface area contributed by atoms with Crippen LogP contribution in [0.1, 0.15) is 39.9 Å².